The van der Waals surface area contributed by atoms with Crippen molar-refractivity contribution in [3.63, 3.8) is 0 Å². The number of likely N-dealkylation sites (tertiary alicyclic amines) is 1. The van der Waals surface area contributed by atoms with Gasteiger partial charge in [0.25, 0.3) is 0 Å². The molecule has 1 amide bonds. The maximum Gasteiger partial charge on any atom is 0.223 e. The quantitative estimate of drug-likeness (QED) is 0.785. The second-order valence-electron chi connectivity index (χ2n) is 4.31. The van der Waals surface area contributed by atoms with E-state index < -0.39 is 10.0 Å². The Labute approximate surface area is 107 Å². The van der Waals surface area contributed by atoms with Gasteiger partial charge in [0, 0.05) is 31.3 Å². The molecule has 0 aromatic rings. The summed E-state index contributed by atoms with van der Waals surface area (Å²) in [5.41, 5.74) is 0. The smallest absolute Gasteiger partial charge is 0.223 e. The molecule has 1 aliphatic rings. The van der Waals surface area contributed by atoms with Crippen LogP contribution in [0.15, 0.2) is 0 Å². The van der Waals surface area contributed by atoms with E-state index in [-0.39, 0.29) is 11.9 Å². The number of nitrogens with one attached hydrogen (secondary N) is 1. The monoisotopic (exact) mass is 280 g/mol. The van der Waals surface area contributed by atoms with Crippen molar-refractivity contribution in [2.75, 3.05) is 31.4 Å². The van der Waals surface area contributed by atoms with Crippen LogP contribution < -0.4 is 4.72 Å². The number of nitrogens with zero attached hydrogens (tertiary/aromatic N) is 1. The lowest BCUT2D eigenvalue weighted by Crippen LogP contribution is -2.49. The van der Waals surface area contributed by atoms with Gasteiger partial charge in [0.2, 0.25) is 15.9 Å². The van der Waals surface area contributed by atoms with Gasteiger partial charge in [-0.05, 0) is 19.1 Å². The highest BCUT2D eigenvalue weighted by atomic mass is 32.2. The molecule has 1 fully saturated rings. The fourth-order valence-corrected chi connectivity index (χ4v) is 3.13. The molecule has 1 heterocycles. The topological polar surface area (TPSA) is 66.5 Å². The molecule has 0 aliphatic carbocycles. The average molecular weight is 280 g/mol. The van der Waals surface area contributed by atoms with Gasteiger partial charge in [-0.1, -0.05) is 0 Å². The van der Waals surface area contributed by atoms with Crippen molar-refractivity contribution in [1.29, 1.82) is 0 Å². The summed E-state index contributed by atoms with van der Waals surface area (Å²) < 4.78 is 24.8. The number of hydrogen-bond acceptors (Lipinski definition) is 4. The van der Waals surface area contributed by atoms with Crippen molar-refractivity contribution in [3.8, 4) is 0 Å². The second-order valence-corrected chi connectivity index (χ2v) is 7.08. The van der Waals surface area contributed by atoms with E-state index in [9.17, 15) is 13.2 Å². The number of carbonyl (C=O) groups excluding carboxylic acids is 1. The van der Waals surface area contributed by atoms with E-state index in [0.717, 1.165) is 31.4 Å². The molecule has 1 aliphatic heterocycles. The van der Waals surface area contributed by atoms with Crippen LogP contribution >= 0.6 is 11.8 Å². The maximum atomic E-state index is 11.8. The van der Waals surface area contributed by atoms with Crippen LogP contribution in [0.4, 0.5) is 0 Å². The predicted molar refractivity (Wildman–Crippen MR) is 70.6 cm³/mol. The minimum atomic E-state index is -3.18. The van der Waals surface area contributed by atoms with Crippen LogP contribution in [0.5, 0.6) is 0 Å². The fraction of sp³-hybridized carbons (Fsp3) is 0.900. The summed E-state index contributed by atoms with van der Waals surface area (Å²) in [6.45, 7) is 1.25. The average Bonchev–Trinajstić information content (AvgIpc) is 2.24. The van der Waals surface area contributed by atoms with Crippen molar-refractivity contribution < 1.29 is 13.2 Å². The summed E-state index contributed by atoms with van der Waals surface area (Å²) in [5, 5.41) is 0. The minimum absolute atomic E-state index is 0.124. The van der Waals surface area contributed by atoms with Gasteiger partial charge in [-0.15, -0.1) is 0 Å². The lowest BCUT2D eigenvalue weighted by atomic mass is 10.1. The van der Waals surface area contributed by atoms with Gasteiger partial charge < -0.3 is 4.90 Å². The van der Waals surface area contributed by atoms with Crippen LogP contribution in [0.25, 0.3) is 0 Å². The van der Waals surface area contributed by atoms with Gasteiger partial charge in [0.15, 0.2) is 0 Å². The molecule has 1 rings (SSSR count). The second kappa shape index (κ2) is 6.61. The van der Waals surface area contributed by atoms with Gasteiger partial charge in [0.05, 0.1) is 6.26 Å². The van der Waals surface area contributed by atoms with Gasteiger partial charge in [-0.25, -0.2) is 13.1 Å². The van der Waals surface area contributed by atoms with Crippen molar-refractivity contribution in [2.24, 2.45) is 0 Å². The molecule has 7 heteroatoms. The highest BCUT2D eigenvalue weighted by molar-refractivity contribution is 7.98. The molecular weight excluding hydrogens is 260 g/mol. The first-order chi connectivity index (χ1) is 7.92. The Morgan fingerprint density at radius 3 is 2.82 bits per heavy atom. The SMILES string of the molecule is CSCCC(=O)N1CCC[C@@H](NS(C)(=O)=O)C1. The third kappa shape index (κ3) is 5.74. The van der Waals surface area contributed by atoms with Crippen LogP contribution in [0, 0.1) is 0 Å². The van der Waals surface area contributed by atoms with E-state index in [1.807, 2.05) is 6.26 Å². The summed E-state index contributed by atoms with van der Waals surface area (Å²) >= 11 is 1.65. The molecule has 0 aromatic carbocycles. The molecular formula is C10H20N2O3S2. The number of rotatable bonds is 5. The van der Waals surface area contributed by atoms with E-state index >= 15 is 0 Å². The number of piperidine rings is 1. The van der Waals surface area contributed by atoms with Crippen molar-refractivity contribution in [3.05, 3.63) is 0 Å². The standard InChI is InChI=1S/C10H20N2O3S2/c1-16-7-5-10(13)12-6-3-4-9(8-12)11-17(2,14)15/h9,11H,3-8H2,1-2H3/t9-/m1/s1. The fourth-order valence-electron chi connectivity index (χ4n) is 1.95. The Balaban J connectivity index is 2.46. The molecule has 100 valence electrons. The number of hydrogen-bond donors (Lipinski definition) is 1. The molecule has 0 aromatic heterocycles. The van der Waals surface area contributed by atoms with Crippen molar-refractivity contribution in [2.45, 2.75) is 25.3 Å². The molecule has 0 bridgehead atoms. The first-order valence-corrected chi connectivity index (χ1v) is 8.95. The van der Waals surface area contributed by atoms with Crippen molar-refractivity contribution in [1.82, 2.24) is 9.62 Å². The molecule has 1 N–H and O–H groups in total. The number of carbonyl (C=O) groups is 1. The zero-order valence-corrected chi connectivity index (χ0v) is 11.9. The molecule has 0 unspecified atom stereocenters. The van der Waals surface area contributed by atoms with Gasteiger partial charge in [-0.3, -0.25) is 4.79 Å². The van der Waals surface area contributed by atoms with Crippen LogP contribution in [-0.2, 0) is 14.8 Å². The predicted octanol–water partition coefficient (Wildman–Crippen LogP) is 0.280. The molecule has 1 saturated heterocycles. The molecule has 5 nitrogen and oxygen atoms in total. The van der Waals surface area contributed by atoms with E-state index in [1.165, 1.54) is 0 Å². The van der Waals surface area contributed by atoms with Crippen LogP contribution in [-0.4, -0.2) is 56.6 Å². The van der Waals surface area contributed by atoms with E-state index in [2.05, 4.69) is 4.72 Å². The Morgan fingerprint density at radius 1 is 1.53 bits per heavy atom. The van der Waals surface area contributed by atoms with E-state index in [4.69, 9.17) is 0 Å². The Kier molecular flexibility index (Phi) is 5.75. The summed E-state index contributed by atoms with van der Waals surface area (Å²) in [4.78, 5) is 13.6. The van der Waals surface area contributed by atoms with Crippen LogP contribution in [0.2, 0.25) is 0 Å². The van der Waals surface area contributed by atoms with Crippen LogP contribution in [0.3, 0.4) is 0 Å². The van der Waals surface area contributed by atoms with E-state index in [0.29, 0.717) is 13.0 Å². The minimum Gasteiger partial charge on any atom is -0.341 e. The molecule has 0 radical (unpaired) electrons. The van der Waals surface area contributed by atoms with Gasteiger partial charge in [-0.2, -0.15) is 11.8 Å². The summed E-state index contributed by atoms with van der Waals surface area (Å²) in [6.07, 6.45) is 5.32. The number of thioether (sulfide) groups is 1. The van der Waals surface area contributed by atoms with Crippen LogP contribution in [0.1, 0.15) is 19.3 Å². The summed E-state index contributed by atoms with van der Waals surface area (Å²) in [6, 6.07) is -0.128. The Hall–Kier alpha value is -0.270. The van der Waals surface area contributed by atoms with Gasteiger partial charge >= 0.3 is 0 Å². The molecule has 17 heavy (non-hydrogen) atoms. The lowest BCUT2D eigenvalue weighted by Gasteiger charge is -2.32. The van der Waals surface area contributed by atoms with E-state index in [1.54, 1.807) is 16.7 Å². The highest BCUT2D eigenvalue weighted by Crippen LogP contribution is 2.12. The summed E-state index contributed by atoms with van der Waals surface area (Å²) in [7, 11) is -3.18. The third-order valence-electron chi connectivity index (χ3n) is 2.67. The normalized spacial score (nSPS) is 21.5. The number of amides is 1. The first kappa shape index (κ1) is 14.8. The molecule has 0 saturated carbocycles. The first-order valence-electron chi connectivity index (χ1n) is 5.66. The highest BCUT2D eigenvalue weighted by Gasteiger charge is 2.24. The number of sulfonamides is 1. The maximum absolute atomic E-state index is 11.8. The Morgan fingerprint density at radius 2 is 2.24 bits per heavy atom. The summed E-state index contributed by atoms with van der Waals surface area (Å²) in [5.74, 6) is 0.943. The Bertz CT molecular complexity index is 357. The zero-order chi connectivity index (χ0) is 12.9. The lowest BCUT2D eigenvalue weighted by molar-refractivity contribution is -0.132. The molecule has 0 spiro atoms. The zero-order valence-electron chi connectivity index (χ0n) is 10.3. The van der Waals surface area contributed by atoms with Gasteiger partial charge in [0.1, 0.15) is 0 Å². The largest absolute Gasteiger partial charge is 0.341 e. The third-order valence-corrected chi connectivity index (χ3v) is 4.05. The molecule has 1 atom stereocenters. The van der Waals surface area contributed by atoms with Crippen molar-refractivity contribution >= 4 is 27.7 Å².